The van der Waals surface area contributed by atoms with Gasteiger partial charge >= 0.3 is 5.97 Å². The van der Waals surface area contributed by atoms with E-state index in [-0.39, 0.29) is 28.0 Å². The highest BCUT2D eigenvalue weighted by atomic mass is 19.1. The highest BCUT2D eigenvalue weighted by Gasteiger charge is 2.24. The number of Topliss-reactive ketones (excluding diaryl/α,β-unsaturated/α-hetero) is 1. The van der Waals surface area contributed by atoms with E-state index in [0.29, 0.717) is 5.39 Å². The van der Waals surface area contributed by atoms with Gasteiger partial charge in [0.05, 0.1) is 0 Å². The van der Waals surface area contributed by atoms with E-state index in [1.807, 2.05) is 0 Å². The third-order valence-electron chi connectivity index (χ3n) is 4.00. The van der Waals surface area contributed by atoms with Gasteiger partial charge in [0.25, 0.3) is 0 Å². The van der Waals surface area contributed by atoms with Crippen LogP contribution in [0.3, 0.4) is 0 Å². The number of fused-ring (bicyclic) bond motifs is 1. The maximum atomic E-state index is 12.9. The zero-order chi connectivity index (χ0) is 18.8. The fraction of sp³-hybridized carbons (Fsp3) is 0.100. The molecule has 132 valence electrons. The lowest BCUT2D eigenvalue weighted by atomic mass is 10.0. The van der Waals surface area contributed by atoms with Crippen molar-refractivity contribution in [2.24, 2.45) is 0 Å². The molecule has 0 aromatic heterocycles. The minimum Gasteiger partial charge on any atom is -0.507 e. The van der Waals surface area contributed by atoms with Crippen LogP contribution in [0, 0.1) is 5.82 Å². The highest BCUT2D eigenvalue weighted by Crippen LogP contribution is 2.35. The van der Waals surface area contributed by atoms with E-state index in [9.17, 15) is 24.2 Å². The number of aromatic hydroxyl groups is 2. The molecule has 3 aromatic rings. The van der Waals surface area contributed by atoms with Crippen molar-refractivity contribution >= 4 is 22.5 Å². The fourth-order valence-corrected chi connectivity index (χ4v) is 2.62. The highest BCUT2D eigenvalue weighted by molar-refractivity contribution is 6.05. The van der Waals surface area contributed by atoms with Crippen LogP contribution in [0.4, 0.5) is 4.39 Å². The summed E-state index contributed by atoms with van der Waals surface area (Å²) in [6.07, 6.45) is -1.15. The molecular weight excluding hydrogens is 339 g/mol. The third-order valence-corrected chi connectivity index (χ3v) is 4.00. The molecule has 0 aliphatic carbocycles. The van der Waals surface area contributed by atoms with Crippen molar-refractivity contribution in [3.05, 3.63) is 71.5 Å². The molecule has 0 aliphatic rings. The van der Waals surface area contributed by atoms with Crippen molar-refractivity contribution in [1.29, 1.82) is 0 Å². The van der Waals surface area contributed by atoms with Crippen molar-refractivity contribution in [3.8, 4) is 11.5 Å². The zero-order valence-electron chi connectivity index (χ0n) is 13.8. The lowest BCUT2D eigenvalue weighted by Crippen LogP contribution is -2.24. The Hall–Kier alpha value is -3.41. The second-order valence-corrected chi connectivity index (χ2v) is 5.76. The summed E-state index contributed by atoms with van der Waals surface area (Å²) < 4.78 is 18.1. The molecular formula is C20H15FO5. The number of ether oxygens (including phenoxy) is 1. The van der Waals surface area contributed by atoms with Crippen LogP contribution in [-0.2, 0) is 4.74 Å². The Labute approximate surface area is 148 Å². The van der Waals surface area contributed by atoms with Crippen LogP contribution in [0.1, 0.15) is 27.6 Å². The number of rotatable bonds is 4. The smallest absolute Gasteiger partial charge is 0.342 e. The number of ketones is 1. The molecule has 0 aliphatic heterocycles. The van der Waals surface area contributed by atoms with E-state index in [1.165, 1.54) is 19.1 Å². The monoisotopic (exact) mass is 354 g/mol. The average Bonchev–Trinajstić information content (AvgIpc) is 2.64. The molecule has 0 heterocycles. The van der Waals surface area contributed by atoms with Crippen LogP contribution in [0.2, 0.25) is 0 Å². The number of benzene rings is 3. The minimum atomic E-state index is -1.15. The van der Waals surface area contributed by atoms with E-state index >= 15 is 0 Å². The molecule has 0 fully saturated rings. The topological polar surface area (TPSA) is 83.8 Å². The summed E-state index contributed by atoms with van der Waals surface area (Å²) in [4.78, 5) is 24.6. The number of esters is 1. The van der Waals surface area contributed by atoms with E-state index < -0.39 is 23.7 Å². The number of carbonyl (C=O) groups excluding carboxylic acids is 2. The largest absolute Gasteiger partial charge is 0.507 e. The summed E-state index contributed by atoms with van der Waals surface area (Å²) in [5, 5.41) is 21.0. The van der Waals surface area contributed by atoms with Crippen LogP contribution in [0.15, 0.2) is 54.6 Å². The van der Waals surface area contributed by atoms with Crippen LogP contribution >= 0.6 is 0 Å². The number of halogens is 1. The first-order valence-electron chi connectivity index (χ1n) is 7.83. The summed E-state index contributed by atoms with van der Waals surface area (Å²) in [6.45, 7) is 1.38. The molecule has 3 rings (SSSR count). The minimum absolute atomic E-state index is 0.192. The van der Waals surface area contributed by atoms with Crippen molar-refractivity contribution in [3.63, 3.8) is 0 Å². The quantitative estimate of drug-likeness (QED) is 0.423. The van der Waals surface area contributed by atoms with Crippen LogP contribution in [-0.4, -0.2) is 28.1 Å². The first kappa shape index (κ1) is 17.4. The van der Waals surface area contributed by atoms with Gasteiger partial charge in [-0.25, -0.2) is 9.18 Å². The van der Waals surface area contributed by atoms with Crippen molar-refractivity contribution in [1.82, 2.24) is 0 Å². The predicted molar refractivity (Wildman–Crippen MR) is 92.9 cm³/mol. The fourth-order valence-electron chi connectivity index (χ4n) is 2.62. The predicted octanol–water partition coefficient (Wildman–Crippen LogP) is 3.82. The van der Waals surface area contributed by atoms with E-state index in [4.69, 9.17) is 4.74 Å². The molecule has 0 unspecified atom stereocenters. The van der Waals surface area contributed by atoms with E-state index in [2.05, 4.69) is 0 Å². The second kappa shape index (κ2) is 6.84. The Kier molecular flexibility index (Phi) is 4.58. The van der Waals surface area contributed by atoms with Gasteiger partial charge < -0.3 is 14.9 Å². The number of hydrogen-bond donors (Lipinski definition) is 2. The summed E-state index contributed by atoms with van der Waals surface area (Å²) in [5.74, 6) is -2.48. The molecule has 3 aromatic carbocycles. The molecule has 0 spiro atoms. The summed E-state index contributed by atoms with van der Waals surface area (Å²) in [5.41, 5.74) is -0.0581. The van der Waals surface area contributed by atoms with Gasteiger partial charge in [-0.2, -0.15) is 0 Å². The van der Waals surface area contributed by atoms with Gasteiger partial charge in [-0.15, -0.1) is 0 Å². The van der Waals surface area contributed by atoms with Crippen molar-refractivity contribution < 1.29 is 28.9 Å². The summed E-state index contributed by atoms with van der Waals surface area (Å²) in [7, 11) is 0. The van der Waals surface area contributed by atoms with Crippen LogP contribution in [0.25, 0.3) is 10.8 Å². The Balaban J connectivity index is 1.86. The average molecular weight is 354 g/mol. The molecule has 0 bridgehead atoms. The Morgan fingerprint density at radius 2 is 1.62 bits per heavy atom. The van der Waals surface area contributed by atoms with Gasteiger partial charge in [-0.1, -0.05) is 24.3 Å². The Bertz CT molecular complexity index is 995. The lowest BCUT2D eigenvalue weighted by Gasteiger charge is -2.14. The summed E-state index contributed by atoms with van der Waals surface area (Å²) >= 11 is 0. The Morgan fingerprint density at radius 1 is 1.00 bits per heavy atom. The Morgan fingerprint density at radius 3 is 2.27 bits per heavy atom. The van der Waals surface area contributed by atoms with Gasteiger partial charge in [-0.3, -0.25) is 4.79 Å². The maximum Gasteiger partial charge on any atom is 0.342 e. The maximum absolute atomic E-state index is 12.9. The zero-order valence-corrected chi connectivity index (χ0v) is 13.8. The van der Waals surface area contributed by atoms with Gasteiger partial charge in [0.15, 0.2) is 6.10 Å². The summed E-state index contributed by atoms with van der Waals surface area (Å²) in [6, 6.07) is 12.4. The van der Waals surface area contributed by atoms with Crippen LogP contribution < -0.4 is 0 Å². The first-order chi connectivity index (χ1) is 12.4. The van der Waals surface area contributed by atoms with E-state index in [0.717, 1.165) is 18.2 Å². The van der Waals surface area contributed by atoms with Crippen molar-refractivity contribution in [2.45, 2.75) is 13.0 Å². The van der Waals surface area contributed by atoms with Crippen LogP contribution in [0.5, 0.6) is 11.5 Å². The van der Waals surface area contributed by atoms with Gasteiger partial charge in [-0.05, 0) is 37.3 Å². The molecule has 0 saturated carbocycles. The van der Waals surface area contributed by atoms with Gasteiger partial charge in [0, 0.05) is 16.3 Å². The first-order valence-corrected chi connectivity index (χ1v) is 7.83. The SMILES string of the molecule is C[C@H](OC(=O)c1cc(O)c2ccccc2c1O)C(=O)c1ccc(F)cc1. The number of phenolic OH excluding ortho intramolecular Hbond substituents is 2. The molecule has 26 heavy (non-hydrogen) atoms. The molecule has 1 atom stereocenters. The van der Waals surface area contributed by atoms with E-state index in [1.54, 1.807) is 24.3 Å². The number of hydrogen-bond acceptors (Lipinski definition) is 5. The molecule has 0 amide bonds. The second-order valence-electron chi connectivity index (χ2n) is 5.76. The molecule has 5 nitrogen and oxygen atoms in total. The molecule has 0 radical (unpaired) electrons. The molecule has 2 N–H and O–H groups in total. The molecule has 6 heteroatoms. The van der Waals surface area contributed by atoms with Gasteiger partial charge in [0.2, 0.25) is 5.78 Å². The number of carbonyl (C=O) groups is 2. The standard InChI is InChI=1S/C20H15FO5/c1-11(18(23)12-6-8-13(21)9-7-12)26-20(25)16-10-17(22)14-4-2-3-5-15(14)19(16)24/h2-11,22,24H,1H3/t11-/m0/s1. The molecule has 0 saturated heterocycles. The lowest BCUT2D eigenvalue weighted by molar-refractivity contribution is 0.0316. The van der Waals surface area contributed by atoms with Gasteiger partial charge in [0.1, 0.15) is 22.9 Å². The number of phenols is 2. The van der Waals surface area contributed by atoms with Crippen molar-refractivity contribution in [2.75, 3.05) is 0 Å². The normalized spacial score (nSPS) is 11.9. The third kappa shape index (κ3) is 3.21.